The van der Waals surface area contributed by atoms with Crippen molar-refractivity contribution in [3.8, 4) is 0 Å². The molecule has 0 aliphatic heterocycles. The molecule has 1 atom stereocenters. The highest BCUT2D eigenvalue weighted by Crippen LogP contribution is 2.25. The molecule has 0 aliphatic carbocycles. The Hall–Kier alpha value is -1.68. The SMILES string of the molecule is CCNC(c1cncnc1)c1ccoc1CC. The molecule has 17 heavy (non-hydrogen) atoms. The first-order valence-corrected chi connectivity index (χ1v) is 5.91. The average Bonchev–Trinajstić information content (AvgIpc) is 2.85. The summed E-state index contributed by atoms with van der Waals surface area (Å²) in [5.74, 6) is 1.01. The zero-order valence-electron chi connectivity index (χ0n) is 10.2. The molecule has 0 fully saturated rings. The van der Waals surface area contributed by atoms with E-state index in [2.05, 4.69) is 29.1 Å². The molecule has 2 aromatic heterocycles. The van der Waals surface area contributed by atoms with E-state index >= 15 is 0 Å². The summed E-state index contributed by atoms with van der Waals surface area (Å²) < 4.78 is 5.48. The van der Waals surface area contributed by atoms with Crippen molar-refractivity contribution >= 4 is 0 Å². The first-order chi connectivity index (χ1) is 8.36. The van der Waals surface area contributed by atoms with Gasteiger partial charge in [-0.15, -0.1) is 0 Å². The van der Waals surface area contributed by atoms with Gasteiger partial charge in [0.2, 0.25) is 0 Å². The third-order valence-electron chi connectivity index (χ3n) is 2.73. The minimum atomic E-state index is 0.106. The van der Waals surface area contributed by atoms with Crippen LogP contribution in [0.1, 0.15) is 36.8 Å². The Balaban J connectivity index is 2.36. The van der Waals surface area contributed by atoms with E-state index in [4.69, 9.17) is 4.42 Å². The van der Waals surface area contributed by atoms with Crippen LogP contribution < -0.4 is 5.32 Å². The van der Waals surface area contributed by atoms with Gasteiger partial charge in [0, 0.05) is 29.9 Å². The number of aromatic nitrogens is 2. The normalized spacial score (nSPS) is 12.6. The Kier molecular flexibility index (Phi) is 3.88. The predicted octanol–water partition coefficient (Wildman–Crippen LogP) is 2.33. The minimum Gasteiger partial charge on any atom is -0.469 e. The highest BCUT2D eigenvalue weighted by Gasteiger charge is 2.18. The fraction of sp³-hybridized carbons (Fsp3) is 0.385. The number of nitrogens with zero attached hydrogens (tertiary/aromatic N) is 2. The van der Waals surface area contributed by atoms with Crippen LogP contribution in [-0.4, -0.2) is 16.5 Å². The maximum absolute atomic E-state index is 5.48. The van der Waals surface area contributed by atoms with Crippen LogP contribution in [0.15, 0.2) is 35.5 Å². The second-order valence-electron chi connectivity index (χ2n) is 3.82. The first-order valence-electron chi connectivity index (χ1n) is 5.91. The largest absolute Gasteiger partial charge is 0.469 e. The molecule has 0 saturated heterocycles. The lowest BCUT2D eigenvalue weighted by atomic mass is 10.0. The second kappa shape index (κ2) is 5.59. The van der Waals surface area contributed by atoms with E-state index in [-0.39, 0.29) is 6.04 Å². The highest BCUT2D eigenvalue weighted by molar-refractivity contribution is 5.30. The van der Waals surface area contributed by atoms with Crippen LogP contribution in [0.4, 0.5) is 0 Å². The number of rotatable bonds is 5. The third-order valence-corrected chi connectivity index (χ3v) is 2.73. The molecule has 2 aromatic rings. The second-order valence-corrected chi connectivity index (χ2v) is 3.82. The van der Waals surface area contributed by atoms with Gasteiger partial charge < -0.3 is 9.73 Å². The van der Waals surface area contributed by atoms with Crippen molar-refractivity contribution in [2.24, 2.45) is 0 Å². The molecule has 1 N–H and O–H groups in total. The van der Waals surface area contributed by atoms with Gasteiger partial charge in [-0.25, -0.2) is 9.97 Å². The topological polar surface area (TPSA) is 51.0 Å². The van der Waals surface area contributed by atoms with Crippen LogP contribution in [0.5, 0.6) is 0 Å². The van der Waals surface area contributed by atoms with Crippen molar-refractivity contribution in [2.75, 3.05) is 6.54 Å². The molecular formula is C13H17N3O. The minimum absolute atomic E-state index is 0.106. The lowest BCUT2D eigenvalue weighted by Crippen LogP contribution is -2.22. The smallest absolute Gasteiger partial charge is 0.115 e. The van der Waals surface area contributed by atoms with Crippen molar-refractivity contribution in [1.82, 2.24) is 15.3 Å². The maximum Gasteiger partial charge on any atom is 0.115 e. The van der Waals surface area contributed by atoms with E-state index in [1.807, 2.05) is 18.5 Å². The molecule has 4 heteroatoms. The zero-order chi connectivity index (χ0) is 12.1. The number of aryl methyl sites for hydroxylation is 1. The van der Waals surface area contributed by atoms with Crippen LogP contribution in [0.25, 0.3) is 0 Å². The van der Waals surface area contributed by atoms with Crippen LogP contribution in [0.3, 0.4) is 0 Å². The van der Waals surface area contributed by atoms with Crippen LogP contribution in [0, 0.1) is 0 Å². The summed E-state index contributed by atoms with van der Waals surface area (Å²) in [7, 11) is 0. The maximum atomic E-state index is 5.48. The summed E-state index contributed by atoms with van der Waals surface area (Å²) in [6, 6.07) is 2.12. The lowest BCUT2D eigenvalue weighted by molar-refractivity contribution is 0.501. The van der Waals surface area contributed by atoms with Gasteiger partial charge in [-0.1, -0.05) is 13.8 Å². The van der Waals surface area contributed by atoms with Crippen molar-refractivity contribution in [1.29, 1.82) is 0 Å². The molecule has 0 bridgehead atoms. The summed E-state index contributed by atoms with van der Waals surface area (Å²) in [5, 5.41) is 3.44. The van der Waals surface area contributed by atoms with Crippen molar-refractivity contribution in [3.05, 3.63) is 47.9 Å². The molecule has 0 radical (unpaired) electrons. The molecule has 0 aromatic carbocycles. The predicted molar refractivity (Wildman–Crippen MR) is 65.6 cm³/mol. The number of hydrogen-bond acceptors (Lipinski definition) is 4. The Bertz CT molecular complexity index is 453. The van der Waals surface area contributed by atoms with Gasteiger partial charge >= 0.3 is 0 Å². The van der Waals surface area contributed by atoms with Gasteiger partial charge in [-0.2, -0.15) is 0 Å². The Morgan fingerprint density at radius 2 is 2.06 bits per heavy atom. The van der Waals surface area contributed by atoms with Crippen molar-refractivity contribution < 1.29 is 4.42 Å². The van der Waals surface area contributed by atoms with Gasteiger partial charge in [-0.05, 0) is 12.6 Å². The quantitative estimate of drug-likeness (QED) is 0.858. The van der Waals surface area contributed by atoms with Crippen molar-refractivity contribution in [3.63, 3.8) is 0 Å². The highest BCUT2D eigenvalue weighted by atomic mass is 16.3. The molecule has 0 amide bonds. The molecule has 0 saturated carbocycles. The van der Waals surface area contributed by atoms with E-state index in [1.54, 1.807) is 12.6 Å². The van der Waals surface area contributed by atoms with Gasteiger partial charge in [-0.3, -0.25) is 0 Å². The summed E-state index contributed by atoms with van der Waals surface area (Å²) in [6.45, 7) is 5.06. The number of hydrogen-bond donors (Lipinski definition) is 1. The van der Waals surface area contributed by atoms with Gasteiger partial charge in [0.25, 0.3) is 0 Å². The number of furan rings is 1. The number of nitrogens with one attached hydrogen (secondary N) is 1. The Labute approximate surface area is 101 Å². The van der Waals surface area contributed by atoms with Gasteiger partial charge in [0.1, 0.15) is 12.1 Å². The molecule has 1 unspecified atom stereocenters. The molecule has 2 rings (SSSR count). The summed E-state index contributed by atoms with van der Waals surface area (Å²) in [4.78, 5) is 8.14. The van der Waals surface area contributed by atoms with Crippen LogP contribution in [-0.2, 0) is 6.42 Å². The van der Waals surface area contributed by atoms with E-state index in [0.29, 0.717) is 0 Å². The summed E-state index contributed by atoms with van der Waals surface area (Å²) in [5.41, 5.74) is 2.23. The van der Waals surface area contributed by atoms with Gasteiger partial charge in [0.15, 0.2) is 0 Å². The molecule has 90 valence electrons. The standard InChI is InChI=1S/C13H17N3O/c1-3-12-11(5-6-17-12)13(16-4-2)10-7-14-9-15-8-10/h5-9,13,16H,3-4H2,1-2H3. The Morgan fingerprint density at radius 1 is 1.29 bits per heavy atom. The fourth-order valence-electron chi connectivity index (χ4n) is 1.97. The molecule has 4 nitrogen and oxygen atoms in total. The Morgan fingerprint density at radius 3 is 2.71 bits per heavy atom. The molecule has 0 spiro atoms. The average molecular weight is 231 g/mol. The monoisotopic (exact) mass is 231 g/mol. The molecule has 2 heterocycles. The molecule has 0 aliphatic rings. The first kappa shape index (κ1) is 11.8. The lowest BCUT2D eigenvalue weighted by Gasteiger charge is -2.17. The van der Waals surface area contributed by atoms with Crippen molar-refractivity contribution in [2.45, 2.75) is 26.3 Å². The van der Waals surface area contributed by atoms with Gasteiger partial charge in [0.05, 0.1) is 12.3 Å². The van der Waals surface area contributed by atoms with E-state index in [1.165, 1.54) is 5.56 Å². The summed E-state index contributed by atoms with van der Waals surface area (Å²) >= 11 is 0. The van der Waals surface area contributed by atoms with Crippen LogP contribution in [0.2, 0.25) is 0 Å². The third kappa shape index (κ3) is 2.53. The van der Waals surface area contributed by atoms with E-state index in [0.717, 1.165) is 24.3 Å². The van der Waals surface area contributed by atoms with E-state index in [9.17, 15) is 0 Å². The zero-order valence-corrected chi connectivity index (χ0v) is 10.2. The fourth-order valence-corrected chi connectivity index (χ4v) is 1.97. The summed E-state index contributed by atoms with van der Waals surface area (Å²) in [6.07, 6.45) is 7.85. The van der Waals surface area contributed by atoms with Crippen LogP contribution >= 0.6 is 0 Å². The molecular weight excluding hydrogens is 214 g/mol. The van der Waals surface area contributed by atoms with E-state index < -0.39 is 0 Å².